The molecule has 1 aromatic rings. The molecule has 0 unspecified atom stereocenters. The van der Waals surface area contributed by atoms with Gasteiger partial charge in [-0.05, 0) is 50.7 Å². The molecule has 3 rings (SSSR count). The van der Waals surface area contributed by atoms with Gasteiger partial charge in [-0.1, -0.05) is 11.6 Å². The summed E-state index contributed by atoms with van der Waals surface area (Å²) in [5.74, 6) is 1.08. The van der Waals surface area contributed by atoms with Gasteiger partial charge < -0.3 is 10.1 Å². The Kier molecular flexibility index (Phi) is 5.56. The van der Waals surface area contributed by atoms with Crippen molar-refractivity contribution in [2.45, 2.75) is 31.8 Å². The van der Waals surface area contributed by atoms with Crippen LogP contribution in [-0.2, 0) is 13.0 Å². The van der Waals surface area contributed by atoms with Crippen LogP contribution in [-0.4, -0.2) is 37.7 Å². The molecule has 1 aromatic carbocycles. The van der Waals surface area contributed by atoms with Gasteiger partial charge in [-0.15, -0.1) is 12.4 Å². The fourth-order valence-electron chi connectivity index (χ4n) is 3.08. The van der Waals surface area contributed by atoms with E-state index in [1.54, 1.807) is 0 Å². The predicted molar refractivity (Wildman–Crippen MR) is 85.3 cm³/mol. The SMILES string of the molecule is CNC1CCN(Cc2cc(Cl)cc3c2OCC3)CC1.Cl. The zero-order valence-electron chi connectivity index (χ0n) is 11.8. The van der Waals surface area contributed by atoms with Crippen LogP contribution < -0.4 is 10.1 Å². The average molecular weight is 317 g/mol. The van der Waals surface area contributed by atoms with E-state index in [1.807, 2.05) is 6.07 Å². The van der Waals surface area contributed by atoms with E-state index >= 15 is 0 Å². The van der Waals surface area contributed by atoms with E-state index < -0.39 is 0 Å². The number of hydrogen-bond acceptors (Lipinski definition) is 3. The number of halogens is 2. The molecule has 3 nitrogen and oxygen atoms in total. The summed E-state index contributed by atoms with van der Waals surface area (Å²) >= 11 is 6.21. The van der Waals surface area contributed by atoms with Gasteiger partial charge in [-0.3, -0.25) is 4.90 Å². The van der Waals surface area contributed by atoms with E-state index in [0.29, 0.717) is 6.04 Å². The molecule has 0 aromatic heterocycles. The second-order valence-corrected chi connectivity index (χ2v) is 5.93. The smallest absolute Gasteiger partial charge is 0.127 e. The van der Waals surface area contributed by atoms with E-state index in [2.05, 4.69) is 23.3 Å². The van der Waals surface area contributed by atoms with E-state index in [0.717, 1.165) is 43.4 Å². The third-order valence-electron chi connectivity index (χ3n) is 4.22. The Labute approximate surface area is 132 Å². The minimum Gasteiger partial charge on any atom is -0.493 e. The van der Waals surface area contributed by atoms with E-state index in [1.165, 1.54) is 24.0 Å². The monoisotopic (exact) mass is 316 g/mol. The van der Waals surface area contributed by atoms with Crippen LogP contribution >= 0.6 is 24.0 Å². The molecule has 0 aliphatic carbocycles. The topological polar surface area (TPSA) is 24.5 Å². The Morgan fingerprint density at radius 1 is 1.35 bits per heavy atom. The number of likely N-dealkylation sites (tertiary alicyclic amines) is 1. The summed E-state index contributed by atoms with van der Waals surface area (Å²) in [7, 11) is 2.05. The fourth-order valence-corrected chi connectivity index (χ4v) is 3.35. The number of nitrogens with zero attached hydrogens (tertiary/aromatic N) is 1. The Morgan fingerprint density at radius 3 is 2.80 bits per heavy atom. The van der Waals surface area contributed by atoms with Crippen molar-refractivity contribution in [3.8, 4) is 5.75 Å². The molecule has 0 spiro atoms. The molecule has 1 saturated heterocycles. The minimum atomic E-state index is 0. The first kappa shape index (κ1) is 15.9. The van der Waals surface area contributed by atoms with E-state index in [9.17, 15) is 0 Å². The van der Waals surface area contributed by atoms with Crippen molar-refractivity contribution in [1.29, 1.82) is 0 Å². The summed E-state index contributed by atoms with van der Waals surface area (Å²) in [5, 5.41) is 4.20. The highest BCUT2D eigenvalue weighted by molar-refractivity contribution is 6.30. The molecule has 0 amide bonds. The molecule has 2 aliphatic rings. The maximum atomic E-state index is 6.21. The lowest BCUT2D eigenvalue weighted by Gasteiger charge is -2.32. The van der Waals surface area contributed by atoms with Gasteiger partial charge >= 0.3 is 0 Å². The summed E-state index contributed by atoms with van der Waals surface area (Å²) in [6.07, 6.45) is 3.44. The molecule has 5 heteroatoms. The molecule has 0 bridgehead atoms. The third-order valence-corrected chi connectivity index (χ3v) is 4.43. The first-order valence-electron chi connectivity index (χ1n) is 7.10. The maximum absolute atomic E-state index is 6.21. The van der Waals surface area contributed by atoms with E-state index in [4.69, 9.17) is 16.3 Å². The highest BCUT2D eigenvalue weighted by Gasteiger charge is 2.22. The highest BCUT2D eigenvalue weighted by Crippen LogP contribution is 2.33. The maximum Gasteiger partial charge on any atom is 0.127 e. The van der Waals surface area contributed by atoms with Gasteiger partial charge in [0.2, 0.25) is 0 Å². The number of piperidine rings is 1. The van der Waals surface area contributed by atoms with Crippen LogP contribution in [0, 0.1) is 0 Å². The number of nitrogens with one attached hydrogen (secondary N) is 1. The molecule has 112 valence electrons. The van der Waals surface area contributed by atoms with Crippen molar-refractivity contribution in [3.05, 3.63) is 28.3 Å². The van der Waals surface area contributed by atoms with Crippen molar-refractivity contribution in [2.75, 3.05) is 26.7 Å². The molecule has 0 atom stereocenters. The van der Waals surface area contributed by atoms with Crippen molar-refractivity contribution >= 4 is 24.0 Å². The summed E-state index contributed by atoms with van der Waals surface area (Å²) in [5.41, 5.74) is 2.52. The van der Waals surface area contributed by atoms with Crippen LogP contribution in [0.15, 0.2) is 12.1 Å². The predicted octanol–water partition coefficient (Wildman–Crippen LogP) is 2.88. The Hall–Kier alpha value is -0.480. The molecule has 1 N–H and O–H groups in total. The second-order valence-electron chi connectivity index (χ2n) is 5.49. The molecule has 0 radical (unpaired) electrons. The van der Waals surface area contributed by atoms with Crippen LogP contribution in [0.1, 0.15) is 24.0 Å². The average Bonchev–Trinajstić information content (AvgIpc) is 2.88. The first-order valence-corrected chi connectivity index (χ1v) is 7.48. The quantitative estimate of drug-likeness (QED) is 0.928. The van der Waals surface area contributed by atoms with Gasteiger partial charge in [0.15, 0.2) is 0 Å². The van der Waals surface area contributed by atoms with E-state index in [-0.39, 0.29) is 12.4 Å². The van der Waals surface area contributed by atoms with Crippen molar-refractivity contribution in [2.24, 2.45) is 0 Å². The summed E-state index contributed by atoms with van der Waals surface area (Å²) in [6.45, 7) is 4.05. The molecule has 20 heavy (non-hydrogen) atoms. The van der Waals surface area contributed by atoms with Gasteiger partial charge in [-0.2, -0.15) is 0 Å². The molecular weight excluding hydrogens is 295 g/mol. The third kappa shape index (κ3) is 3.40. The second kappa shape index (κ2) is 6.99. The van der Waals surface area contributed by atoms with Crippen LogP contribution in [0.3, 0.4) is 0 Å². The lowest BCUT2D eigenvalue weighted by molar-refractivity contribution is 0.192. The van der Waals surface area contributed by atoms with Crippen LogP contribution in [0.2, 0.25) is 5.02 Å². The number of benzene rings is 1. The van der Waals surface area contributed by atoms with Gasteiger partial charge in [0.05, 0.1) is 6.61 Å². The van der Waals surface area contributed by atoms with Crippen molar-refractivity contribution < 1.29 is 4.74 Å². The van der Waals surface area contributed by atoms with Crippen LogP contribution in [0.4, 0.5) is 0 Å². The highest BCUT2D eigenvalue weighted by atomic mass is 35.5. The molecule has 2 aliphatic heterocycles. The summed E-state index contributed by atoms with van der Waals surface area (Å²) < 4.78 is 5.77. The zero-order valence-corrected chi connectivity index (χ0v) is 13.4. The molecule has 1 fully saturated rings. The number of ether oxygens (including phenoxy) is 1. The Bertz CT molecular complexity index is 459. The van der Waals surface area contributed by atoms with Crippen molar-refractivity contribution in [1.82, 2.24) is 10.2 Å². The van der Waals surface area contributed by atoms with Crippen molar-refractivity contribution in [3.63, 3.8) is 0 Å². The lowest BCUT2D eigenvalue weighted by Crippen LogP contribution is -2.40. The number of hydrogen-bond donors (Lipinski definition) is 1. The normalized spacial score (nSPS) is 19.3. The standard InChI is InChI=1S/C15H21ClN2O.ClH/c1-17-14-2-5-18(6-3-14)10-12-9-13(16)8-11-4-7-19-15(11)12;/h8-9,14,17H,2-7,10H2,1H3;1H. The molecular formula is C15H22Cl2N2O. The number of fused-ring (bicyclic) bond motifs is 1. The number of rotatable bonds is 3. The van der Waals surface area contributed by atoms with Gasteiger partial charge in [0, 0.05) is 29.6 Å². The van der Waals surface area contributed by atoms with Gasteiger partial charge in [-0.25, -0.2) is 0 Å². The zero-order chi connectivity index (χ0) is 13.2. The lowest BCUT2D eigenvalue weighted by atomic mass is 10.0. The fraction of sp³-hybridized carbons (Fsp3) is 0.600. The first-order chi connectivity index (χ1) is 9.26. The van der Waals surface area contributed by atoms with Crippen LogP contribution in [0.25, 0.3) is 0 Å². The largest absolute Gasteiger partial charge is 0.493 e. The summed E-state index contributed by atoms with van der Waals surface area (Å²) in [4.78, 5) is 2.50. The molecule has 0 saturated carbocycles. The van der Waals surface area contributed by atoms with Crippen LogP contribution in [0.5, 0.6) is 5.75 Å². The van der Waals surface area contributed by atoms with Gasteiger partial charge in [0.1, 0.15) is 5.75 Å². The van der Waals surface area contributed by atoms with Gasteiger partial charge in [0.25, 0.3) is 0 Å². The summed E-state index contributed by atoms with van der Waals surface area (Å²) in [6, 6.07) is 4.79. The molecule has 2 heterocycles. The minimum absolute atomic E-state index is 0. The Balaban J connectivity index is 0.00000147. The Morgan fingerprint density at radius 2 is 2.10 bits per heavy atom.